The number of aromatic hydroxyl groups is 1. The molecule has 2 aliphatic heterocycles. The third-order valence-corrected chi connectivity index (χ3v) is 7.20. The third-order valence-electron chi connectivity index (χ3n) is 7.20. The zero-order valence-electron chi connectivity index (χ0n) is 18.2. The molecule has 0 aliphatic carbocycles. The molecule has 2 fully saturated rings. The lowest BCUT2D eigenvalue weighted by molar-refractivity contribution is 0.461. The molecule has 0 spiro atoms. The molecule has 0 saturated carbocycles. The van der Waals surface area contributed by atoms with Crippen molar-refractivity contribution >= 4 is 11.4 Å². The summed E-state index contributed by atoms with van der Waals surface area (Å²) >= 11 is 0. The Kier molecular flexibility index (Phi) is 5.84. The van der Waals surface area contributed by atoms with Crippen LogP contribution in [0.1, 0.15) is 48.6 Å². The maximum atomic E-state index is 10.6. The van der Waals surface area contributed by atoms with Crippen molar-refractivity contribution in [2.24, 2.45) is 0 Å². The highest BCUT2D eigenvalue weighted by molar-refractivity contribution is 5.67. The lowest BCUT2D eigenvalue weighted by atomic mass is 9.89. The van der Waals surface area contributed by atoms with Crippen molar-refractivity contribution in [1.29, 1.82) is 0 Å². The molecular formula is C28H32N2O. The number of rotatable bonds is 4. The normalized spacial score (nSPS) is 18.3. The summed E-state index contributed by atoms with van der Waals surface area (Å²) < 4.78 is 0. The first-order valence-corrected chi connectivity index (χ1v) is 11.7. The minimum Gasteiger partial charge on any atom is -0.506 e. The summed E-state index contributed by atoms with van der Waals surface area (Å²) in [5.41, 5.74) is 5.15. The van der Waals surface area contributed by atoms with Gasteiger partial charge in [-0.05, 0) is 66.8 Å². The van der Waals surface area contributed by atoms with Gasteiger partial charge < -0.3 is 14.9 Å². The van der Waals surface area contributed by atoms with Crippen LogP contribution in [0.2, 0.25) is 0 Å². The second-order valence-electron chi connectivity index (χ2n) is 9.02. The molecular weight excluding hydrogens is 380 g/mol. The number of hydrogen-bond acceptors (Lipinski definition) is 3. The van der Waals surface area contributed by atoms with Gasteiger partial charge in [-0.3, -0.25) is 0 Å². The summed E-state index contributed by atoms with van der Waals surface area (Å²) in [6, 6.07) is 28.0. The van der Waals surface area contributed by atoms with Gasteiger partial charge in [-0.25, -0.2) is 0 Å². The fourth-order valence-corrected chi connectivity index (χ4v) is 5.34. The number of phenols is 1. The molecule has 0 radical (unpaired) electrons. The second-order valence-corrected chi connectivity index (χ2v) is 9.02. The highest BCUT2D eigenvalue weighted by atomic mass is 16.3. The first-order valence-electron chi connectivity index (χ1n) is 11.7. The molecule has 0 unspecified atom stereocenters. The minimum absolute atomic E-state index is 0.404. The summed E-state index contributed by atoms with van der Waals surface area (Å²) in [5.74, 6) is 1.69. The van der Waals surface area contributed by atoms with Gasteiger partial charge in [0.2, 0.25) is 0 Å². The summed E-state index contributed by atoms with van der Waals surface area (Å²) in [5, 5.41) is 10.6. The van der Waals surface area contributed by atoms with E-state index in [9.17, 15) is 5.11 Å². The van der Waals surface area contributed by atoms with E-state index in [1.165, 1.54) is 29.7 Å². The van der Waals surface area contributed by atoms with Crippen LogP contribution in [0, 0.1) is 0 Å². The molecule has 2 aliphatic rings. The van der Waals surface area contributed by atoms with Gasteiger partial charge in [0, 0.05) is 31.9 Å². The monoisotopic (exact) mass is 412 g/mol. The molecule has 3 aromatic rings. The molecule has 5 rings (SSSR count). The molecule has 0 amide bonds. The molecule has 1 N–H and O–H groups in total. The van der Waals surface area contributed by atoms with E-state index in [2.05, 4.69) is 82.6 Å². The average molecular weight is 413 g/mol. The SMILES string of the molecule is Oc1ccc(N2CCC(c3ccccc3)CC2)cc1N1CCC(c2ccccc2)CC1. The van der Waals surface area contributed by atoms with Gasteiger partial charge in [-0.1, -0.05) is 60.7 Å². The Morgan fingerprint density at radius 3 is 1.58 bits per heavy atom. The number of nitrogens with zero attached hydrogens (tertiary/aromatic N) is 2. The predicted molar refractivity (Wildman–Crippen MR) is 129 cm³/mol. The Bertz CT molecular complexity index is 972. The Morgan fingerprint density at radius 2 is 1.06 bits per heavy atom. The van der Waals surface area contributed by atoms with E-state index in [1.54, 1.807) is 0 Å². The van der Waals surface area contributed by atoms with Crippen LogP contribution in [-0.2, 0) is 0 Å². The van der Waals surface area contributed by atoms with E-state index in [4.69, 9.17) is 0 Å². The molecule has 0 bridgehead atoms. The molecule has 3 aromatic carbocycles. The summed E-state index contributed by atoms with van der Waals surface area (Å²) in [4.78, 5) is 4.86. The molecule has 160 valence electrons. The van der Waals surface area contributed by atoms with E-state index in [0.717, 1.165) is 44.7 Å². The Labute approximate surface area is 185 Å². The van der Waals surface area contributed by atoms with Crippen LogP contribution in [0.4, 0.5) is 11.4 Å². The average Bonchev–Trinajstić information content (AvgIpc) is 2.86. The number of phenolic OH excluding ortho intramolecular Hbond substituents is 1. The molecule has 3 nitrogen and oxygen atoms in total. The molecule has 0 aromatic heterocycles. The highest BCUT2D eigenvalue weighted by Gasteiger charge is 2.24. The fraction of sp³-hybridized carbons (Fsp3) is 0.357. The minimum atomic E-state index is 0.404. The van der Waals surface area contributed by atoms with E-state index in [-0.39, 0.29) is 0 Å². The number of piperidine rings is 2. The van der Waals surface area contributed by atoms with Crippen molar-refractivity contribution in [3.05, 3.63) is 90.0 Å². The van der Waals surface area contributed by atoms with Gasteiger partial charge in [0.05, 0.1) is 5.69 Å². The molecule has 0 atom stereocenters. The van der Waals surface area contributed by atoms with Crippen LogP contribution in [-0.4, -0.2) is 31.3 Å². The van der Waals surface area contributed by atoms with Crippen LogP contribution >= 0.6 is 0 Å². The van der Waals surface area contributed by atoms with Gasteiger partial charge in [-0.15, -0.1) is 0 Å². The largest absolute Gasteiger partial charge is 0.506 e. The summed E-state index contributed by atoms with van der Waals surface area (Å²) in [6.45, 7) is 4.12. The number of hydrogen-bond donors (Lipinski definition) is 1. The molecule has 31 heavy (non-hydrogen) atoms. The van der Waals surface area contributed by atoms with Gasteiger partial charge in [0.1, 0.15) is 5.75 Å². The predicted octanol–water partition coefficient (Wildman–Crippen LogP) is 6.16. The zero-order chi connectivity index (χ0) is 21.0. The van der Waals surface area contributed by atoms with Crippen LogP contribution in [0.3, 0.4) is 0 Å². The van der Waals surface area contributed by atoms with Crippen LogP contribution in [0.15, 0.2) is 78.9 Å². The van der Waals surface area contributed by atoms with Gasteiger partial charge in [0.15, 0.2) is 0 Å². The van der Waals surface area contributed by atoms with Gasteiger partial charge in [-0.2, -0.15) is 0 Å². The van der Waals surface area contributed by atoms with Crippen molar-refractivity contribution < 1.29 is 5.11 Å². The van der Waals surface area contributed by atoms with Crippen LogP contribution in [0.5, 0.6) is 5.75 Å². The van der Waals surface area contributed by atoms with Crippen molar-refractivity contribution in [2.45, 2.75) is 37.5 Å². The van der Waals surface area contributed by atoms with Gasteiger partial charge in [0.25, 0.3) is 0 Å². The highest BCUT2D eigenvalue weighted by Crippen LogP contribution is 2.38. The maximum Gasteiger partial charge on any atom is 0.139 e. The van der Waals surface area contributed by atoms with E-state index in [1.807, 2.05) is 6.07 Å². The first-order chi connectivity index (χ1) is 15.3. The standard InChI is InChI=1S/C28H32N2O/c31-28-12-11-26(29-17-13-24(14-18-29)22-7-3-1-4-8-22)21-27(28)30-19-15-25(16-20-30)23-9-5-2-6-10-23/h1-12,21,24-25,31H,13-20H2. The zero-order valence-corrected chi connectivity index (χ0v) is 18.2. The van der Waals surface area contributed by atoms with Crippen molar-refractivity contribution in [3.8, 4) is 5.75 Å². The van der Waals surface area contributed by atoms with Gasteiger partial charge >= 0.3 is 0 Å². The number of anilines is 2. The smallest absolute Gasteiger partial charge is 0.139 e. The maximum absolute atomic E-state index is 10.6. The lowest BCUT2D eigenvalue weighted by Crippen LogP contribution is -2.34. The van der Waals surface area contributed by atoms with E-state index < -0.39 is 0 Å². The molecule has 2 saturated heterocycles. The van der Waals surface area contributed by atoms with E-state index >= 15 is 0 Å². The Balaban J connectivity index is 1.24. The Hall–Kier alpha value is -2.94. The fourth-order valence-electron chi connectivity index (χ4n) is 5.34. The summed E-state index contributed by atoms with van der Waals surface area (Å²) in [7, 11) is 0. The van der Waals surface area contributed by atoms with Crippen molar-refractivity contribution in [1.82, 2.24) is 0 Å². The van der Waals surface area contributed by atoms with Crippen molar-refractivity contribution in [3.63, 3.8) is 0 Å². The third kappa shape index (κ3) is 4.41. The summed E-state index contributed by atoms with van der Waals surface area (Å²) in [6.07, 6.45) is 4.64. The molecule has 2 heterocycles. The molecule has 3 heteroatoms. The van der Waals surface area contributed by atoms with Crippen LogP contribution in [0.25, 0.3) is 0 Å². The topological polar surface area (TPSA) is 26.7 Å². The van der Waals surface area contributed by atoms with Crippen molar-refractivity contribution in [2.75, 3.05) is 36.0 Å². The lowest BCUT2D eigenvalue weighted by Gasteiger charge is -2.36. The second kappa shape index (κ2) is 9.05. The van der Waals surface area contributed by atoms with E-state index in [0.29, 0.717) is 17.6 Å². The first kappa shape index (κ1) is 20.0. The quantitative estimate of drug-likeness (QED) is 0.556. The Morgan fingerprint density at radius 1 is 0.581 bits per heavy atom. The number of benzene rings is 3. The van der Waals surface area contributed by atoms with Crippen LogP contribution < -0.4 is 9.80 Å².